The highest BCUT2D eigenvalue weighted by molar-refractivity contribution is 9.10. The van der Waals surface area contributed by atoms with Crippen molar-refractivity contribution in [3.8, 4) is 0 Å². The molecule has 0 radical (unpaired) electrons. The summed E-state index contributed by atoms with van der Waals surface area (Å²) in [6.45, 7) is 2.54. The van der Waals surface area contributed by atoms with Gasteiger partial charge in [-0.15, -0.1) is 0 Å². The van der Waals surface area contributed by atoms with Crippen LogP contribution >= 0.6 is 15.9 Å². The summed E-state index contributed by atoms with van der Waals surface area (Å²) >= 11 is 3.30. The van der Waals surface area contributed by atoms with Crippen molar-refractivity contribution in [2.75, 3.05) is 31.7 Å². The third-order valence-corrected chi connectivity index (χ3v) is 5.72. The number of sulfonamides is 1. The Morgan fingerprint density at radius 3 is 2.81 bits per heavy atom. The van der Waals surface area contributed by atoms with E-state index in [0.29, 0.717) is 23.3 Å². The third kappa shape index (κ3) is 3.45. The fourth-order valence-electron chi connectivity index (χ4n) is 2.28. The Kier molecular flexibility index (Phi) is 5.03. The van der Waals surface area contributed by atoms with Gasteiger partial charge >= 0.3 is 0 Å². The molecule has 0 unspecified atom stereocenters. The van der Waals surface area contributed by atoms with Gasteiger partial charge in [0.15, 0.2) is 0 Å². The minimum atomic E-state index is -3.65. The highest BCUT2D eigenvalue weighted by Crippen LogP contribution is 2.35. The molecule has 0 aliphatic carbocycles. The number of hydrogen-bond donors (Lipinski definition) is 1. The SMILES string of the molecule is COCCNS(=O)(=O)c1cc2c(cc1Br)CCN2C(C)=O. The summed E-state index contributed by atoms with van der Waals surface area (Å²) in [5, 5.41) is 0. The van der Waals surface area contributed by atoms with Crippen LogP contribution in [0.3, 0.4) is 0 Å². The number of carbonyl (C=O) groups is 1. The fraction of sp³-hybridized carbons (Fsp3) is 0.462. The Labute approximate surface area is 132 Å². The van der Waals surface area contributed by atoms with Crippen LogP contribution in [-0.4, -0.2) is 41.1 Å². The van der Waals surface area contributed by atoms with Crippen LogP contribution in [0.2, 0.25) is 0 Å². The summed E-state index contributed by atoms with van der Waals surface area (Å²) in [6.07, 6.45) is 0.727. The molecule has 1 aromatic carbocycles. The molecule has 1 amide bonds. The van der Waals surface area contributed by atoms with Gasteiger partial charge in [-0.05, 0) is 40.0 Å². The predicted octanol–water partition coefficient (Wildman–Crippen LogP) is 1.28. The van der Waals surface area contributed by atoms with E-state index in [4.69, 9.17) is 4.74 Å². The topological polar surface area (TPSA) is 75.7 Å². The van der Waals surface area contributed by atoms with Crippen LogP contribution in [0, 0.1) is 0 Å². The van der Waals surface area contributed by atoms with E-state index in [2.05, 4.69) is 20.7 Å². The molecule has 6 nitrogen and oxygen atoms in total. The van der Waals surface area contributed by atoms with Crippen LogP contribution in [-0.2, 0) is 26.0 Å². The molecule has 21 heavy (non-hydrogen) atoms. The first kappa shape index (κ1) is 16.4. The minimum absolute atomic E-state index is 0.0910. The van der Waals surface area contributed by atoms with Crippen LogP contribution in [0.5, 0.6) is 0 Å². The molecule has 1 aromatic rings. The second kappa shape index (κ2) is 6.43. The molecule has 0 bridgehead atoms. The Balaban J connectivity index is 2.37. The minimum Gasteiger partial charge on any atom is -0.383 e. The number of amides is 1. The molecule has 1 heterocycles. The van der Waals surface area contributed by atoms with E-state index < -0.39 is 10.0 Å². The molecular weight excluding hydrogens is 360 g/mol. The number of rotatable bonds is 5. The molecule has 8 heteroatoms. The van der Waals surface area contributed by atoms with Gasteiger partial charge in [0.05, 0.1) is 11.5 Å². The van der Waals surface area contributed by atoms with E-state index in [0.717, 1.165) is 12.0 Å². The third-order valence-electron chi connectivity index (χ3n) is 3.30. The Hall–Kier alpha value is -0.960. The summed E-state index contributed by atoms with van der Waals surface area (Å²) in [4.78, 5) is 13.3. The first-order valence-electron chi connectivity index (χ1n) is 6.46. The molecule has 1 aliphatic rings. The number of anilines is 1. The number of ether oxygens (including phenoxy) is 1. The standard InChI is InChI=1S/C13H17BrN2O4S/c1-9(17)16-5-3-10-7-11(14)13(8-12(10)16)21(18,19)15-4-6-20-2/h7-8,15H,3-6H2,1-2H3. The largest absolute Gasteiger partial charge is 0.383 e. The van der Waals surface area contributed by atoms with Gasteiger partial charge < -0.3 is 9.64 Å². The molecule has 1 N–H and O–H groups in total. The zero-order valence-electron chi connectivity index (χ0n) is 11.8. The number of nitrogens with zero attached hydrogens (tertiary/aromatic N) is 1. The molecule has 0 atom stereocenters. The zero-order valence-corrected chi connectivity index (χ0v) is 14.3. The lowest BCUT2D eigenvalue weighted by atomic mass is 10.2. The fourth-order valence-corrected chi connectivity index (χ4v) is 4.40. The first-order valence-corrected chi connectivity index (χ1v) is 8.73. The lowest BCUT2D eigenvalue weighted by molar-refractivity contribution is -0.116. The molecule has 116 valence electrons. The Morgan fingerprint density at radius 1 is 1.48 bits per heavy atom. The number of fused-ring (bicyclic) bond motifs is 1. The Morgan fingerprint density at radius 2 is 2.19 bits per heavy atom. The summed E-state index contributed by atoms with van der Waals surface area (Å²) in [6, 6.07) is 3.31. The van der Waals surface area contributed by atoms with E-state index >= 15 is 0 Å². The van der Waals surface area contributed by atoms with Gasteiger partial charge in [-0.1, -0.05) is 0 Å². The summed E-state index contributed by atoms with van der Waals surface area (Å²) < 4.78 is 32.4. The van der Waals surface area contributed by atoms with E-state index in [9.17, 15) is 13.2 Å². The first-order chi connectivity index (χ1) is 9.86. The van der Waals surface area contributed by atoms with Gasteiger partial charge in [0, 0.05) is 37.3 Å². The number of halogens is 1. The molecule has 1 aliphatic heterocycles. The van der Waals surface area contributed by atoms with Crippen LogP contribution in [0.25, 0.3) is 0 Å². The number of benzene rings is 1. The van der Waals surface area contributed by atoms with Crippen LogP contribution in [0.4, 0.5) is 5.69 Å². The Bertz CT molecular complexity index is 660. The molecule has 0 aromatic heterocycles. The highest BCUT2D eigenvalue weighted by atomic mass is 79.9. The second-order valence-electron chi connectivity index (χ2n) is 4.72. The molecule has 0 fully saturated rings. The van der Waals surface area contributed by atoms with E-state index in [1.807, 2.05) is 0 Å². The monoisotopic (exact) mass is 376 g/mol. The predicted molar refractivity (Wildman–Crippen MR) is 82.9 cm³/mol. The van der Waals surface area contributed by atoms with Gasteiger partial charge in [0.25, 0.3) is 0 Å². The average molecular weight is 377 g/mol. The molecular formula is C13H17BrN2O4S. The lowest BCUT2D eigenvalue weighted by Gasteiger charge is -2.16. The summed E-state index contributed by atoms with van der Waals surface area (Å²) in [5.74, 6) is -0.0910. The number of hydrogen-bond acceptors (Lipinski definition) is 4. The van der Waals surface area contributed by atoms with Crippen molar-refractivity contribution in [2.24, 2.45) is 0 Å². The quantitative estimate of drug-likeness (QED) is 0.785. The maximum atomic E-state index is 12.3. The van der Waals surface area contributed by atoms with Crippen molar-refractivity contribution in [1.29, 1.82) is 0 Å². The molecule has 2 rings (SSSR count). The van der Waals surface area contributed by atoms with Crippen LogP contribution in [0.15, 0.2) is 21.5 Å². The van der Waals surface area contributed by atoms with Crippen LogP contribution in [0.1, 0.15) is 12.5 Å². The average Bonchev–Trinajstić information content (AvgIpc) is 2.80. The zero-order chi connectivity index (χ0) is 15.6. The van der Waals surface area contributed by atoms with Crippen molar-refractivity contribution in [1.82, 2.24) is 4.72 Å². The van der Waals surface area contributed by atoms with Crippen molar-refractivity contribution < 1.29 is 17.9 Å². The van der Waals surface area contributed by atoms with Crippen molar-refractivity contribution >= 4 is 37.5 Å². The van der Waals surface area contributed by atoms with Crippen LogP contribution < -0.4 is 9.62 Å². The van der Waals surface area contributed by atoms with E-state index in [1.54, 1.807) is 17.0 Å². The second-order valence-corrected chi connectivity index (χ2v) is 7.31. The highest BCUT2D eigenvalue weighted by Gasteiger charge is 2.27. The van der Waals surface area contributed by atoms with Gasteiger partial charge in [-0.2, -0.15) is 0 Å². The molecule has 0 saturated carbocycles. The van der Waals surface area contributed by atoms with Gasteiger partial charge in [-0.3, -0.25) is 4.79 Å². The van der Waals surface area contributed by atoms with Gasteiger partial charge in [0.1, 0.15) is 0 Å². The van der Waals surface area contributed by atoms with Crippen molar-refractivity contribution in [2.45, 2.75) is 18.2 Å². The van der Waals surface area contributed by atoms with Gasteiger partial charge in [-0.25, -0.2) is 13.1 Å². The maximum Gasteiger partial charge on any atom is 0.241 e. The van der Waals surface area contributed by atoms with Crippen molar-refractivity contribution in [3.63, 3.8) is 0 Å². The summed E-state index contributed by atoms with van der Waals surface area (Å²) in [5.41, 5.74) is 1.63. The number of nitrogens with one attached hydrogen (secondary N) is 1. The van der Waals surface area contributed by atoms with Crippen molar-refractivity contribution in [3.05, 3.63) is 22.2 Å². The number of methoxy groups -OCH3 is 1. The lowest BCUT2D eigenvalue weighted by Crippen LogP contribution is -2.28. The number of carbonyl (C=O) groups excluding carboxylic acids is 1. The summed E-state index contributed by atoms with van der Waals surface area (Å²) in [7, 11) is -2.14. The van der Waals surface area contributed by atoms with E-state index in [1.165, 1.54) is 14.0 Å². The van der Waals surface area contributed by atoms with E-state index in [-0.39, 0.29) is 17.3 Å². The molecule has 0 saturated heterocycles. The molecule has 0 spiro atoms. The normalized spacial score (nSPS) is 14.3. The maximum absolute atomic E-state index is 12.3. The van der Waals surface area contributed by atoms with Gasteiger partial charge in [0.2, 0.25) is 15.9 Å². The smallest absolute Gasteiger partial charge is 0.241 e.